The van der Waals surface area contributed by atoms with Gasteiger partial charge in [-0.2, -0.15) is 0 Å². The third-order valence-electron chi connectivity index (χ3n) is 5.11. The van der Waals surface area contributed by atoms with Gasteiger partial charge >= 0.3 is 0 Å². The van der Waals surface area contributed by atoms with Crippen molar-refractivity contribution in [2.75, 3.05) is 19.1 Å². The molecule has 0 spiro atoms. The molecular formula is C22H22N2O2S. The van der Waals surface area contributed by atoms with E-state index in [9.17, 15) is 4.79 Å². The average Bonchev–Trinajstić information content (AvgIpc) is 3.16. The number of carbonyl (C=O) groups excluding carboxylic acids is 1. The van der Waals surface area contributed by atoms with Crippen LogP contribution in [0.1, 0.15) is 38.8 Å². The van der Waals surface area contributed by atoms with E-state index in [1.807, 2.05) is 12.1 Å². The zero-order valence-electron chi connectivity index (χ0n) is 15.5. The molecule has 5 heteroatoms. The van der Waals surface area contributed by atoms with E-state index in [-0.39, 0.29) is 5.91 Å². The standard InChI is InChI=1S/C22H22N2O2S/c1-24(21(25)17-9-6-10-18(13-17)26-2)22-23-19-12-11-16(14-20(19)27-22)15-7-4-3-5-8-15/h3-10,13,16H,11-12,14H2,1-2H3/t16-/m0/s1. The Balaban J connectivity index is 1.54. The molecule has 0 N–H and O–H groups in total. The van der Waals surface area contributed by atoms with Gasteiger partial charge in [-0.1, -0.05) is 36.4 Å². The summed E-state index contributed by atoms with van der Waals surface area (Å²) >= 11 is 1.64. The average molecular weight is 378 g/mol. The number of aromatic nitrogens is 1. The predicted octanol–water partition coefficient (Wildman–Crippen LogP) is 4.70. The van der Waals surface area contributed by atoms with Crippen molar-refractivity contribution < 1.29 is 9.53 Å². The summed E-state index contributed by atoms with van der Waals surface area (Å²) in [5, 5.41) is 0.765. The van der Waals surface area contributed by atoms with Crippen LogP contribution in [0.2, 0.25) is 0 Å². The number of benzene rings is 2. The fourth-order valence-electron chi connectivity index (χ4n) is 3.55. The van der Waals surface area contributed by atoms with Crippen molar-refractivity contribution in [2.45, 2.75) is 25.2 Å². The van der Waals surface area contributed by atoms with Gasteiger partial charge in [0.05, 0.1) is 12.8 Å². The summed E-state index contributed by atoms with van der Waals surface area (Å²) in [5.41, 5.74) is 3.14. The summed E-state index contributed by atoms with van der Waals surface area (Å²) in [6.07, 6.45) is 3.07. The molecule has 1 amide bonds. The molecule has 27 heavy (non-hydrogen) atoms. The van der Waals surface area contributed by atoms with Crippen LogP contribution < -0.4 is 9.64 Å². The minimum Gasteiger partial charge on any atom is -0.497 e. The van der Waals surface area contributed by atoms with E-state index < -0.39 is 0 Å². The maximum Gasteiger partial charge on any atom is 0.259 e. The van der Waals surface area contributed by atoms with Gasteiger partial charge in [0.25, 0.3) is 5.91 Å². The van der Waals surface area contributed by atoms with Gasteiger partial charge in [-0.3, -0.25) is 9.69 Å². The third kappa shape index (κ3) is 3.60. The number of rotatable bonds is 4. The molecular weight excluding hydrogens is 356 g/mol. The lowest BCUT2D eigenvalue weighted by molar-refractivity contribution is 0.0992. The molecule has 4 rings (SSSR count). The molecule has 0 fully saturated rings. The molecule has 0 saturated heterocycles. The molecule has 1 aliphatic carbocycles. The highest BCUT2D eigenvalue weighted by atomic mass is 32.1. The van der Waals surface area contributed by atoms with Crippen molar-refractivity contribution in [1.29, 1.82) is 0 Å². The molecule has 3 aromatic rings. The first-order chi connectivity index (χ1) is 13.2. The van der Waals surface area contributed by atoms with E-state index in [4.69, 9.17) is 9.72 Å². The number of methoxy groups -OCH3 is 1. The summed E-state index contributed by atoms with van der Waals surface area (Å²) < 4.78 is 5.23. The van der Waals surface area contributed by atoms with Gasteiger partial charge in [0.1, 0.15) is 5.75 Å². The molecule has 1 heterocycles. The number of anilines is 1. The molecule has 0 radical (unpaired) electrons. The predicted molar refractivity (Wildman–Crippen MR) is 109 cm³/mol. The quantitative estimate of drug-likeness (QED) is 0.661. The molecule has 1 aromatic heterocycles. The number of hydrogen-bond donors (Lipinski definition) is 0. The molecule has 0 saturated carbocycles. The second kappa shape index (κ2) is 7.53. The Morgan fingerprint density at radius 3 is 2.78 bits per heavy atom. The lowest BCUT2D eigenvalue weighted by atomic mass is 9.85. The molecule has 0 unspecified atom stereocenters. The fourth-order valence-corrected chi connectivity index (χ4v) is 4.70. The summed E-state index contributed by atoms with van der Waals surface area (Å²) in [6, 6.07) is 17.9. The summed E-state index contributed by atoms with van der Waals surface area (Å²) in [7, 11) is 3.39. The second-order valence-electron chi connectivity index (χ2n) is 6.81. The van der Waals surface area contributed by atoms with Gasteiger partial charge in [0.2, 0.25) is 0 Å². The van der Waals surface area contributed by atoms with Crippen LogP contribution in [0.5, 0.6) is 5.75 Å². The Hall–Kier alpha value is -2.66. The lowest BCUT2D eigenvalue weighted by Gasteiger charge is -2.21. The van der Waals surface area contributed by atoms with Crippen molar-refractivity contribution in [3.8, 4) is 5.75 Å². The smallest absolute Gasteiger partial charge is 0.259 e. The second-order valence-corrected chi connectivity index (χ2v) is 7.87. The van der Waals surface area contributed by atoms with E-state index in [0.717, 1.165) is 30.1 Å². The number of aryl methyl sites for hydroxylation is 1. The van der Waals surface area contributed by atoms with E-state index in [0.29, 0.717) is 17.2 Å². The molecule has 4 nitrogen and oxygen atoms in total. The molecule has 138 valence electrons. The Labute approximate surface area is 163 Å². The summed E-state index contributed by atoms with van der Waals surface area (Å²) in [5.74, 6) is 1.14. The van der Waals surface area contributed by atoms with Gasteiger partial charge in [-0.25, -0.2) is 4.98 Å². The third-order valence-corrected chi connectivity index (χ3v) is 6.30. The molecule has 0 aliphatic heterocycles. The van der Waals surface area contributed by atoms with E-state index in [1.165, 1.54) is 10.4 Å². The Morgan fingerprint density at radius 2 is 2.00 bits per heavy atom. The highest BCUT2D eigenvalue weighted by molar-refractivity contribution is 7.16. The van der Waals surface area contributed by atoms with Crippen LogP contribution in [0.4, 0.5) is 5.13 Å². The number of carbonyl (C=O) groups is 1. The lowest BCUT2D eigenvalue weighted by Crippen LogP contribution is -2.26. The molecule has 1 aliphatic rings. The number of amides is 1. The highest BCUT2D eigenvalue weighted by Crippen LogP contribution is 2.38. The number of thiazole rings is 1. The van der Waals surface area contributed by atoms with Gasteiger partial charge < -0.3 is 4.74 Å². The Bertz CT molecular complexity index is 952. The van der Waals surface area contributed by atoms with Crippen molar-refractivity contribution >= 4 is 22.4 Å². The van der Waals surface area contributed by atoms with Crippen LogP contribution in [-0.4, -0.2) is 25.0 Å². The van der Waals surface area contributed by atoms with Crippen molar-refractivity contribution in [3.63, 3.8) is 0 Å². The number of fused-ring (bicyclic) bond motifs is 1. The first-order valence-corrected chi connectivity index (χ1v) is 9.93. The zero-order valence-corrected chi connectivity index (χ0v) is 16.3. The van der Waals surface area contributed by atoms with E-state index in [2.05, 4.69) is 30.3 Å². The van der Waals surface area contributed by atoms with Crippen molar-refractivity contribution in [3.05, 3.63) is 76.3 Å². The van der Waals surface area contributed by atoms with Crippen molar-refractivity contribution in [1.82, 2.24) is 4.98 Å². The Kier molecular flexibility index (Phi) is 4.94. The van der Waals surface area contributed by atoms with Crippen molar-refractivity contribution in [2.24, 2.45) is 0 Å². The van der Waals surface area contributed by atoms with Gasteiger partial charge in [-0.05, 0) is 48.9 Å². The van der Waals surface area contributed by atoms with Crippen LogP contribution in [0.3, 0.4) is 0 Å². The normalized spacial score (nSPS) is 15.9. The summed E-state index contributed by atoms with van der Waals surface area (Å²) in [4.78, 5) is 20.6. The zero-order chi connectivity index (χ0) is 18.8. The SMILES string of the molecule is COc1cccc(C(=O)N(C)c2nc3c(s2)C[C@@H](c2ccccc2)CC3)c1. The van der Waals surface area contributed by atoms with Crippen LogP contribution in [-0.2, 0) is 12.8 Å². The first kappa shape index (κ1) is 17.7. The minimum absolute atomic E-state index is 0.0698. The van der Waals surface area contributed by atoms with Gasteiger partial charge in [-0.15, -0.1) is 11.3 Å². The van der Waals surface area contributed by atoms with Crippen LogP contribution in [0.15, 0.2) is 54.6 Å². The maximum absolute atomic E-state index is 12.8. The van der Waals surface area contributed by atoms with Crippen LogP contribution in [0, 0.1) is 0 Å². The number of ether oxygens (including phenoxy) is 1. The van der Waals surface area contributed by atoms with E-state index in [1.54, 1.807) is 42.5 Å². The largest absolute Gasteiger partial charge is 0.497 e. The summed E-state index contributed by atoms with van der Waals surface area (Å²) in [6.45, 7) is 0. The molecule has 0 bridgehead atoms. The van der Waals surface area contributed by atoms with Gasteiger partial charge in [0.15, 0.2) is 5.13 Å². The maximum atomic E-state index is 12.8. The van der Waals surface area contributed by atoms with E-state index >= 15 is 0 Å². The van der Waals surface area contributed by atoms with Gasteiger partial charge in [0, 0.05) is 17.5 Å². The Morgan fingerprint density at radius 1 is 1.19 bits per heavy atom. The fraction of sp³-hybridized carbons (Fsp3) is 0.273. The molecule has 1 atom stereocenters. The monoisotopic (exact) mass is 378 g/mol. The molecule has 2 aromatic carbocycles. The van der Waals surface area contributed by atoms with Crippen LogP contribution >= 0.6 is 11.3 Å². The van der Waals surface area contributed by atoms with Crippen LogP contribution in [0.25, 0.3) is 0 Å². The minimum atomic E-state index is -0.0698. The highest BCUT2D eigenvalue weighted by Gasteiger charge is 2.26. The topological polar surface area (TPSA) is 42.4 Å². The number of nitrogens with zero attached hydrogens (tertiary/aromatic N) is 2. The number of hydrogen-bond acceptors (Lipinski definition) is 4. The first-order valence-electron chi connectivity index (χ1n) is 9.11.